The molecule has 2 aliphatic rings. The van der Waals surface area contributed by atoms with Gasteiger partial charge in [0.1, 0.15) is 0 Å². The van der Waals surface area contributed by atoms with Gasteiger partial charge in [0, 0.05) is 45.0 Å². The standard InChI is InChI=1S/C18H23N5O3/c1-22-14-9-11(12-5-7-19-10-15(12)26-2)3-4-13(14)17(21-22)23-8-6-16(24)20-18(23)25/h3-4,9,12,15,19H,5-8,10H2,1-2H3,(H,20,24,25)/t12?,15-/m0/s1. The summed E-state index contributed by atoms with van der Waals surface area (Å²) in [6.07, 6.45) is 1.45. The quantitative estimate of drug-likeness (QED) is 0.859. The molecule has 1 aromatic heterocycles. The second-order valence-electron chi connectivity index (χ2n) is 6.85. The SMILES string of the molecule is CO[C@H]1CNCCC1c1ccc2c(N3CCC(=O)NC3=O)nn(C)c2c1. The number of nitrogens with zero attached hydrogens (tertiary/aromatic N) is 3. The number of urea groups is 1. The summed E-state index contributed by atoms with van der Waals surface area (Å²) in [4.78, 5) is 25.1. The van der Waals surface area contributed by atoms with Crippen LogP contribution in [0.2, 0.25) is 0 Å². The van der Waals surface area contributed by atoms with Crippen LogP contribution in [0.5, 0.6) is 0 Å². The van der Waals surface area contributed by atoms with Gasteiger partial charge in [0.15, 0.2) is 5.82 Å². The molecule has 2 N–H and O–H groups in total. The fraction of sp³-hybridized carbons (Fsp3) is 0.500. The zero-order valence-electron chi connectivity index (χ0n) is 15.0. The van der Waals surface area contributed by atoms with Crippen LogP contribution in [0, 0.1) is 0 Å². The molecule has 8 nitrogen and oxygen atoms in total. The average Bonchev–Trinajstić information content (AvgIpc) is 2.97. The van der Waals surface area contributed by atoms with E-state index >= 15 is 0 Å². The van der Waals surface area contributed by atoms with E-state index in [0.717, 1.165) is 30.4 Å². The van der Waals surface area contributed by atoms with Crippen molar-refractivity contribution in [3.8, 4) is 0 Å². The van der Waals surface area contributed by atoms with Crippen LogP contribution in [-0.2, 0) is 16.6 Å². The zero-order chi connectivity index (χ0) is 18.3. The Hall–Kier alpha value is -2.45. The van der Waals surface area contributed by atoms with Crippen LogP contribution >= 0.6 is 0 Å². The first kappa shape index (κ1) is 17.0. The van der Waals surface area contributed by atoms with Gasteiger partial charge in [0.05, 0.1) is 11.6 Å². The maximum absolute atomic E-state index is 12.2. The topological polar surface area (TPSA) is 88.5 Å². The van der Waals surface area contributed by atoms with Crippen molar-refractivity contribution >= 4 is 28.7 Å². The largest absolute Gasteiger partial charge is 0.379 e. The van der Waals surface area contributed by atoms with Crippen molar-refractivity contribution in [2.45, 2.75) is 24.9 Å². The summed E-state index contributed by atoms with van der Waals surface area (Å²) in [5, 5.41) is 11.2. The molecule has 2 aliphatic heterocycles. The van der Waals surface area contributed by atoms with Crippen LogP contribution in [0.1, 0.15) is 24.3 Å². The van der Waals surface area contributed by atoms with Crippen LogP contribution in [-0.4, -0.2) is 54.6 Å². The number of ether oxygens (including phenoxy) is 1. The number of imide groups is 1. The third kappa shape index (κ3) is 2.85. The third-order valence-corrected chi connectivity index (χ3v) is 5.32. The van der Waals surface area contributed by atoms with E-state index in [1.165, 1.54) is 10.5 Å². The first-order chi connectivity index (χ1) is 12.6. The molecule has 138 valence electrons. The highest BCUT2D eigenvalue weighted by Crippen LogP contribution is 2.33. The number of benzene rings is 1. The van der Waals surface area contributed by atoms with Gasteiger partial charge in [-0.15, -0.1) is 0 Å². The third-order valence-electron chi connectivity index (χ3n) is 5.32. The molecule has 2 fully saturated rings. The van der Waals surface area contributed by atoms with Gasteiger partial charge in [-0.1, -0.05) is 6.07 Å². The van der Waals surface area contributed by atoms with Gasteiger partial charge in [-0.2, -0.15) is 5.10 Å². The first-order valence-corrected chi connectivity index (χ1v) is 8.90. The molecule has 0 radical (unpaired) electrons. The highest BCUT2D eigenvalue weighted by molar-refractivity contribution is 6.08. The molecule has 1 unspecified atom stereocenters. The van der Waals surface area contributed by atoms with E-state index < -0.39 is 6.03 Å². The number of hydrogen-bond acceptors (Lipinski definition) is 5. The van der Waals surface area contributed by atoms with Gasteiger partial charge in [0.2, 0.25) is 5.91 Å². The monoisotopic (exact) mass is 357 g/mol. The Morgan fingerprint density at radius 1 is 1.31 bits per heavy atom. The lowest BCUT2D eigenvalue weighted by atomic mass is 9.87. The highest BCUT2D eigenvalue weighted by Gasteiger charge is 2.30. The number of anilines is 1. The molecule has 0 spiro atoms. The molecule has 0 saturated carbocycles. The van der Waals surface area contributed by atoms with E-state index in [2.05, 4.69) is 27.9 Å². The van der Waals surface area contributed by atoms with Gasteiger partial charge < -0.3 is 10.1 Å². The summed E-state index contributed by atoms with van der Waals surface area (Å²) in [7, 11) is 3.63. The number of aromatic nitrogens is 2. The summed E-state index contributed by atoms with van der Waals surface area (Å²) >= 11 is 0. The lowest BCUT2D eigenvalue weighted by molar-refractivity contribution is -0.120. The molecule has 0 aliphatic carbocycles. The molecule has 4 rings (SSSR count). The Morgan fingerprint density at radius 3 is 2.92 bits per heavy atom. The molecule has 3 amide bonds. The number of amides is 3. The van der Waals surface area contributed by atoms with Gasteiger partial charge >= 0.3 is 6.03 Å². The summed E-state index contributed by atoms with van der Waals surface area (Å²) in [6, 6.07) is 5.84. The normalized spacial score (nSPS) is 24.2. The van der Waals surface area contributed by atoms with Crippen molar-refractivity contribution < 1.29 is 14.3 Å². The fourth-order valence-corrected chi connectivity index (χ4v) is 3.91. The minimum absolute atomic E-state index is 0.146. The predicted molar refractivity (Wildman–Crippen MR) is 97.2 cm³/mol. The lowest BCUT2D eigenvalue weighted by Crippen LogP contribution is -2.49. The smallest absolute Gasteiger partial charge is 0.329 e. The minimum atomic E-state index is -0.414. The molecule has 2 aromatic rings. The summed E-state index contributed by atoms with van der Waals surface area (Å²) in [5.41, 5.74) is 2.19. The van der Waals surface area contributed by atoms with E-state index in [0.29, 0.717) is 18.3 Å². The fourth-order valence-electron chi connectivity index (χ4n) is 3.91. The van der Waals surface area contributed by atoms with Crippen LogP contribution in [0.4, 0.5) is 10.6 Å². The Balaban J connectivity index is 1.71. The molecule has 26 heavy (non-hydrogen) atoms. The average molecular weight is 357 g/mol. The first-order valence-electron chi connectivity index (χ1n) is 8.90. The van der Waals surface area contributed by atoms with Gasteiger partial charge in [-0.05, 0) is 30.7 Å². The van der Waals surface area contributed by atoms with Crippen LogP contribution in [0.25, 0.3) is 10.9 Å². The summed E-state index contributed by atoms with van der Waals surface area (Å²) in [5.74, 6) is 0.679. The van der Waals surface area contributed by atoms with Crippen molar-refractivity contribution in [1.29, 1.82) is 0 Å². The zero-order valence-corrected chi connectivity index (χ0v) is 15.0. The number of carbonyl (C=O) groups is 2. The van der Waals surface area contributed by atoms with E-state index in [9.17, 15) is 9.59 Å². The molecule has 0 bridgehead atoms. The molecule has 2 atom stereocenters. The van der Waals surface area contributed by atoms with Gasteiger partial charge in [0.25, 0.3) is 0 Å². The number of carbonyl (C=O) groups excluding carboxylic acids is 2. The molecule has 1 aromatic carbocycles. The van der Waals surface area contributed by atoms with Gasteiger partial charge in [-0.25, -0.2) is 4.79 Å². The van der Waals surface area contributed by atoms with Crippen molar-refractivity contribution in [3.05, 3.63) is 23.8 Å². The van der Waals surface area contributed by atoms with Crippen molar-refractivity contribution in [2.75, 3.05) is 31.6 Å². The van der Waals surface area contributed by atoms with Crippen LogP contribution in [0.15, 0.2) is 18.2 Å². The number of methoxy groups -OCH3 is 1. The number of fused-ring (bicyclic) bond motifs is 1. The Morgan fingerprint density at radius 2 is 2.15 bits per heavy atom. The molecule has 3 heterocycles. The number of nitrogens with one attached hydrogen (secondary N) is 2. The van der Waals surface area contributed by atoms with Gasteiger partial charge in [-0.3, -0.25) is 19.7 Å². The number of aryl methyl sites for hydroxylation is 1. The van der Waals surface area contributed by atoms with E-state index in [1.807, 2.05) is 13.1 Å². The molecule has 2 saturated heterocycles. The lowest BCUT2D eigenvalue weighted by Gasteiger charge is -2.31. The van der Waals surface area contributed by atoms with E-state index in [4.69, 9.17) is 4.74 Å². The molecular formula is C18H23N5O3. The molecule has 8 heteroatoms. The summed E-state index contributed by atoms with van der Waals surface area (Å²) < 4.78 is 7.44. The Kier molecular flexibility index (Phi) is 4.37. The maximum Gasteiger partial charge on any atom is 0.329 e. The Bertz CT molecular complexity index is 862. The van der Waals surface area contributed by atoms with E-state index in [-0.39, 0.29) is 18.4 Å². The van der Waals surface area contributed by atoms with Crippen molar-refractivity contribution in [2.24, 2.45) is 7.05 Å². The number of piperidine rings is 1. The number of rotatable bonds is 3. The van der Waals surface area contributed by atoms with Crippen molar-refractivity contribution in [1.82, 2.24) is 20.4 Å². The minimum Gasteiger partial charge on any atom is -0.379 e. The van der Waals surface area contributed by atoms with Crippen molar-refractivity contribution in [3.63, 3.8) is 0 Å². The Labute approximate surface area is 151 Å². The van der Waals surface area contributed by atoms with Crippen LogP contribution in [0.3, 0.4) is 0 Å². The summed E-state index contributed by atoms with van der Waals surface area (Å²) in [6.45, 7) is 2.16. The maximum atomic E-state index is 12.2. The number of hydrogen-bond donors (Lipinski definition) is 2. The second kappa shape index (κ2) is 6.69. The van der Waals surface area contributed by atoms with E-state index in [1.54, 1.807) is 11.8 Å². The van der Waals surface area contributed by atoms with Crippen LogP contribution < -0.4 is 15.5 Å². The predicted octanol–water partition coefficient (Wildman–Crippen LogP) is 1.11. The molecular weight excluding hydrogens is 334 g/mol. The second-order valence-corrected chi connectivity index (χ2v) is 6.85. The highest BCUT2D eigenvalue weighted by atomic mass is 16.5.